The SMILES string of the molecule is CCOc1ccccc1N1CCN(C(=O)C(C)(N)c2ccccc2)CC1.Cl.Cl. The Morgan fingerprint density at radius 1 is 1.00 bits per heavy atom. The minimum Gasteiger partial charge on any atom is -0.492 e. The molecule has 0 spiro atoms. The standard InChI is InChI=1S/C21H27N3O2.2ClH/c1-3-26-19-12-8-7-11-18(19)23-13-15-24(16-14-23)20(25)21(2,22)17-9-5-4-6-10-17;;/h4-12H,3,13-16,22H2,1-2H3;2*1H. The third-order valence-corrected chi connectivity index (χ3v) is 4.89. The monoisotopic (exact) mass is 425 g/mol. The summed E-state index contributed by atoms with van der Waals surface area (Å²) >= 11 is 0. The van der Waals surface area contributed by atoms with Gasteiger partial charge in [0.05, 0.1) is 12.3 Å². The van der Waals surface area contributed by atoms with E-state index < -0.39 is 5.54 Å². The summed E-state index contributed by atoms with van der Waals surface area (Å²) in [7, 11) is 0. The van der Waals surface area contributed by atoms with Crippen LogP contribution in [0.2, 0.25) is 0 Å². The summed E-state index contributed by atoms with van der Waals surface area (Å²) in [5.74, 6) is 0.865. The molecule has 154 valence electrons. The molecule has 3 rings (SSSR count). The van der Waals surface area contributed by atoms with Gasteiger partial charge in [0.1, 0.15) is 11.3 Å². The number of amides is 1. The fourth-order valence-electron chi connectivity index (χ4n) is 3.38. The highest BCUT2D eigenvalue weighted by Crippen LogP contribution is 2.29. The molecule has 1 amide bonds. The molecule has 1 heterocycles. The van der Waals surface area contributed by atoms with Crippen molar-refractivity contribution in [2.24, 2.45) is 5.73 Å². The van der Waals surface area contributed by atoms with Crippen molar-refractivity contribution >= 4 is 36.4 Å². The van der Waals surface area contributed by atoms with Crippen LogP contribution in [0.4, 0.5) is 5.69 Å². The first kappa shape index (κ1) is 24.1. The van der Waals surface area contributed by atoms with Crippen molar-refractivity contribution < 1.29 is 9.53 Å². The second-order valence-electron chi connectivity index (χ2n) is 6.75. The highest BCUT2D eigenvalue weighted by atomic mass is 35.5. The topological polar surface area (TPSA) is 58.8 Å². The number of anilines is 1. The molecule has 0 bridgehead atoms. The molecule has 0 aromatic heterocycles. The quantitative estimate of drug-likeness (QED) is 0.796. The number of halogens is 2. The van der Waals surface area contributed by atoms with Crippen LogP contribution in [0.3, 0.4) is 0 Å². The number of para-hydroxylation sites is 2. The Hall–Kier alpha value is -1.95. The molecule has 7 heteroatoms. The molecular weight excluding hydrogens is 397 g/mol. The molecule has 2 aromatic rings. The molecule has 2 aromatic carbocycles. The molecule has 1 unspecified atom stereocenters. The van der Waals surface area contributed by atoms with Crippen molar-refractivity contribution in [1.82, 2.24) is 4.90 Å². The predicted molar refractivity (Wildman–Crippen MR) is 119 cm³/mol. The normalized spacial score (nSPS) is 15.7. The predicted octanol–water partition coefficient (Wildman–Crippen LogP) is 3.45. The third-order valence-electron chi connectivity index (χ3n) is 4.89. The number of carbonyl (C=O) groups is 1. The van der Waals surface area contributed by atoms with E-state index in [1.54, 1.807) is 6.92 Å². The van der Waals surface area contributed by atoms with Gasteiger partial charge in [-0.3, -0.25) is 4.79 Å². The van der Waals surface area contributed by atoms with Crippen molar-refractivity contribution in [2.45, 2.75) is 19.4 Å². The smallest absolute Gasteiger partial charge is 0.247 e. The Morgan fingerprint density at radius 2 is 1.57 bits per heavy atom. The van der Waals surface area contributed by atoms with Crippen LogP contribution in [-0.2, 0) is 10.3 Å². The van der Waals surface area contributed by atoms with Crippen molar-refractivity contribution in [3.8, 4) is 5.75 Å². The minimum atomic E-state index is -1.01. The molecule has 2 N–H and O–H groups in total. The zero-order valence-corrected chi connectivity index (χ0v) is 18.0. The lowest BCUT2D eigenvalue weighted by molar-refractivity contribution is -0.137. The van der Waals surface area contributed by atoms with E-state index in [0.717, 1.165) is 30.1 Å². The van der Waals surface area contributed by atoms with Gasteiger partial charge in [0, 0.05) is 26.2 Å². The van der Waals surface area contributed by atoms with E-state index in [4.69, 9.17) is 10.5 Å². The van der Waals surface area contributed by atoms with Crippen LogP contribution in [-0.4, -0.2) is 43.6 Å². The first-order valence-electron chi connectivity index (χ1n) is 9.14. The van der Waals surface area contributed by atoms with Crippen LogP contribution < -0.4 is 15.4 Å². The Labute approximate surface area is 179 Å². The van der Waals surface area contributed by atoms with Crippen LogP contribution in [0.15, 0.2) is 54.6 Å². The maximum atomic E-state index is 13.0. The molecule has 0 aliphatic carbocycles. The molecule has 5 nitrogen and oxygen atoms in total. The number of piperazine rings is 1. The van der Waals surface area contributed by atoms with Crippen LogP contribution in [0, 0.1) is 0 Å². The largest absolute Gasteiger partial charge is 0.492 e. The number of ether oxygens (including phenoxy) is 1. The average Bonchev–Trinajstić information content (AvgIpc) is 2.69. The van der Waals surface area contributed by atoms with Gasteiger partial charge in [0.25, 0.3) is 0 Å². The number of benzene rings is 2. The summed E-state index contributed by atoms with van der Waals surface area (Å²) in [6.07, 6.45) is 0. The van der Waals surface area contributed by atoms with Gasteiger partial charge in [-0.1, -0.05) is 42.5 Å². The van der Waals surface area contributed by atoms with Crippen molar-refractivity contribution in [2.75, 3.05) is 37.7 Å². The fraction of sp³-hybridized carbons (Fsp3) is 0.381. The molecule has 1 fully saturated rings. The van der Waals surface area contributed by atoms with Crippen molar-refractivity contribution in [3.05, 3.63) is 60.2 Å². The molecule has 1 aliphatic heterocycles. The maximum Gasteiger partial charge on any atom is 0.247 e. The highest BCUT2D eigenvalue weighted by molar-refractivity contribution is 5.87. The Morgan fingerprint density at radius 3 is 2.18 bits per heavy atom. The minimum absolute atomic E-state index is 0. The number of nitrogens with two attached hydrogens (primary N) is 1. The Bertz CT molecular complexity index is 748. The lowest BCUT2D eigenvalue weighted by atomic mass is 9.91. The molecule has 0 saturated carbocycles. The van der Waals surface area contributed by atoms with Crippen LogP contribution in [0.25, 0.3) is 0 Å². The summed E-state index contributed by atoms with van der Waals surface area (Å²) in [5.41, 5.74) is 7.31. The summed E-state index contributed by atoms with van der Waals surface area (Å²) < 4.78 is 5.73. The molecule has 1 atom stereocenters. The summed E-state index contributed by atoms with van der Waals surface area (Å²) in [6, 6.07) is 17.6. The molecule has 1 saturated heterocycles. The van der Waals surface area contributed by atoms with Crippen molar-refractivity contribution in [3.63, 3.8) is 0 Å². The van der Waals surface area contributed by atoms with Crippen molar-refractivity contribution in [1.29, 1.82) is 0 Å². The van der Waals surface area contributed by atoms with Gasteiger partial charge in [0.15, 0.2) is 0 Å². The van der Waals surface area contributed by atoms with E-state index in [1.165, 1.54) is 0 Å². The Balaban J connectivity index is 0.00000196. The van der Waals surface area contributed by atoms with E-state index in [-0.39, 0.29) is 30.7 Å². The van der Waals surface area contributed by atoms with Crippen LogP contribution in [0.1, 0.15) is 19.4 Å². The van der Waals surface area contributed by atoms with Gasteiger partial charge >= 0.3 is 0 Å². The summed E-state index contributed by atoms with van der Waals surface area (Å²) in [4.78, 5) is 17.1. The first-order valence-corrected chi connectivity index (χ1v) is 9.14. The fourth-order valence-corrected chi connectivity index (χ4v) is 3.38. The molecule has 28 heavy (non-hydrogen) atoms. The lowest BCUT2D eigenvalue weighted by Crippen LogP contribution is -2.56. The number of nitrogens with zero attached hydrogens (tertiary/aromatic N) is 2. The van der Waals surface area contributed by atoms with E-state index in [9.17, 15) is 4.79 Å². The summed E-state index contributed by atoms with van der Waals surface area (Å²) in [6.45, 7) is 7.25. The molecular formula is C21H29Cl2N3O2. The van der Waals surface area contributed by atoms with Gasteiger partial charge in [0.2, 0.25) is 5.91 Å². The number of rotatable bonds is 5. The van der Waals surface area contributed by atoms with Gasteiger partial charge in [-0.15, -0.1) is 24.8 Å². The van der Waals surface area contributed by atoms with E-state index in [2.05, 4.69) is 11.0 Å². The lowest BCUT2D eigenvalue weighted by Gasteiger charge is -2.39. The van der Waals surface area contributed by atoms with E-state index in [1.807, 2.05) is 60.4 Å². The number of carbonyl (C=O) groups excluding carboxylic acids is 1. The molecule has 1 aliphatic rings. The van der Waals surface area contributed by atoms with Gasteiger partial charge in [-0.25, -0.2) is 0 Å². The number of hydrogen-bond acceptors (Lipinski definition) is 4. The average molecular weight is 426 g/mol. The zero-order chi connectivity index (χ0) is 18.6. The van der Waals surface area contributed by atoms with Gasteiger partial charge in [-0.05, 0) is 31.5 Å². The Kier molecular flexibility index (Phi) is 9.08. The summed E-state index contributed by atoms with van der Waals surface area (Å²) in [5, 5.41) is 0. The van der Waals surface area contributed by atoms with E-state index >= 15 is 0 Å². The van der Waals surface area contributed by atoms with Crippen LogP contribution in [0.5, 0.6) is 5.75 Å². The maximum absolute atomic E-state index is 13.0. The number of hydrogen-bond donors (Lipinski definition) is 1. The van der Waals surface area contributed by atoms with Gasteiger partial charge in [-0.2, -0.15) is 0 Å². The second kappa shape index (κ2) is 10.6. The van der Waals surface area contributed by atoms with Crippen LogP contribution >= 0.6 is 24.8 Å². The second-order valence-corrected chi connectivity index (χ2v) is 6.75. The zero-order valence-electron chi connectivity index (χ0n) is 16.3. The molecule has 0 radical (unpaired) electrons. The van der Waals surface area contributed by atoms with Gasteiger partial charge < -0.3 is 20.3 Å². The third kappa shape index (κ3) is 5.10. The van der Waals surface area contributed by atoms with E-state index in [0.29, 0.717) is 19.7 Å². The first-order chi connectivity index (χ1) is 12.5. The highest BCUT2D eigenvalue weighted by Gasteiger charge is 2.35.